The van der Waals surface area contributed by atoms with Crippen molar-refractivity contribution in [3.05, 3.63) is 22.3 Å². The van der Waals surface area contributed by atoms with E-state index >= 15 is 0 Å². The van der Waals surface area contributed by atoms with Crippen molar-refractivity contribution in [1.29, 1.82) is 0 Å². The predicted molar refractivity (Wildman–Crippen MR) is 93.2 cm³/mol. The molecule has 0 saturated carbocycles. The van der Waals surface area contributed by atoms with Crippen LogP contribution in [0.5, 0.6) is 11.5 Å². The molecule has 0 atom stereocenters. The predicted octanol–water partition coefficient (Wildman–Crippen LogP) is 3.27. The van der Waals surface area contributed by atoms with Crippen LogP contribution in [0.25, 0.3) is 0 Å². The summed E-state index contributed by atoms with van der Waals surface area (Å²) in [6.45, 7) is 4.91. The van der Waals surface area contributed by atoms with Crippen LogP contribution in [0, 0.1) is 6.92 Å². The van der Waals surface area contributed by atoms with Crippen LogP contribution in [-0.4, -0.2) is 31.2 Å². The van der Waals surface area contributed by atoms with Gasteiger partial charge in [-0.15, -0.1) is 0 Å². The van der Waals surface area contributed by atoms with E-state index in [4.69, 9.17) is 14.2 Å². The average molecular weight is 436 g/mol. The molecule has 22 heavy (non-hydrogen) atoms. The first-order valence-corrected chi connectivity index (χ1v) is 10.5. The van der Waals surface area contributed by atoms with E-state index < -0.39 is 5.97 Å². The van der Waals surface area contributed by atoms with Crippen LogP contribution in [-0.2, 0) is 22.6 Å². The van der Waals surface area contributed by atoms with Crippen LogP contribution in [0.4, 0.5) is 0 Å². The first-order valence-electron chi connectivity index (χ1n) is 6.93. The number of esters is 1. The number of benzene rings is 1. The summed E-state index contributed by atoms with van der Waals surface area (Å²) >= 11 is 2.19. The lowest BCUT2D eigenvalue weighted by Gasteiger charge is -2.19. The molecule has 0 unspecified atom stereocenters. The third-order valence-electron chi connectivity index (χ3n) is 3.41. The molecule has 1 aliphatic heterocycles. The molecule has 0 radical (unpaired) electrons. The Hall–Kier alpha value is -0.960. The fourth-order valence-electron chi connectivity index (χ4n) is 2.49. The Morgan fingerprint density at radius 3 is 2.77 bits per heavy atom. The van der Waals surface area contributed by atoms with E-state index in [0.717, 1.165) is 23.2 Å². The minimum atomic E-state index is -0.398. The molecule has 1 heterocycles. The Kier molecular flexibility index (Phi) is 6.37. The molecule has 7 heteroatoms. The van der Waals surface area contributed by atoms with Crippen LogP contribution >= 0.6 is 30.1 Å². The summed E-state index contributed by atoms with van der Waals surface area (Å²) < 4.78 is 16.7. The smallest absolute Gasteiger partial charge is 0.342 e. The van der Waals surface area contributed by atoms with Crippen molar-refractivity contribution in [3.63, 3.8) is 0 Å². The number of hydrogen-bond acceptors (Lipinski definition) is 6. The first-order chi connectivity index (χ1) is 10.7. The van der Waals surface area contributed by atoms with Gasteiger partial charge in [0.15, 0.2) is 0 Å². The van der Waals surface area contributed by atoms with Crippen molar-refractivity contribution >= 4 is 42.4 Å². The van der Waals surface area contributed by atoms with Gasteiger partial charge in [0.05, 0.1) is 13.2 Å². The van der Waals surface area contributed by atoms with Gasteiger partial charge in [0, 0.05) is 23.3 Å². The summed E-state index contributed by atoms with van der Waals surface area (Å²) in [4.78, 5) is 23.1. The van der Waals surface area contributed by atoms with Gasteiger partial charge in [-0.1, -0.05) is 8.93 Å². The maximum atomic E-state index is 12.1. The van der Waals surface area contributed by atoms with Gasteiger partial charge in [0.2, 0.25) is 0 Å². The Morgan fingerprint density at radius 1 is 1.36 bits per heavy atom. The maximum Gasteiger partial charge on any atom is 0.342 e. The SMILES string of the molecule is CCOc1c(C)c2c(c(OCCSI)c1CC=O)C(=O)OC2. The molecule has 2 rings (SSSR count). The van der Waals surface area contributed by atoms with Crippen molar-refractivity contribution in [2.75, 3.05) is 19.0 Å². The highest BCUT2D eigenvalue weighted by molar-refractivity contribution is 14.2. The second-order valence-electron chi connectivity index (χ2n) is 4.66. The lowest BCUT2D eigenvalue weighted by atomic mass is 9.95. The molecule has 120 valence electrons. The van der Waals surface area contributed by atoms with Gasteiger partial charge >= 0.3 is 5.97 Å². The first kappa shape index (κ1) is 17.4. The molecule has 0 spiro atoms. The molecule has 1 aromatic rings. The standard InChI is InChI=1S/C15H17IO5S/c1-3-19-13-9(2)11-8-21-15(18)12(11)14(10(13)4-5-17)20-6-7-22-16/h5H,3-4,6-8H2,1-2H3. The minimum Gasteiger partial charge on any atom is -0.493 e. The number of carbonyl (C=O) groups is 2. The van der Waals surface area contributed by atoms with Gasteiger partial charge in [-0.3, -0.25) is 0 Å². The van der Waals surface area contributed by atoms with Crippen LogP contribution < -0.4 is 9.47 Å². The van der Waals surface area contributed by atoms with E-state index in [1.54, 1.807) is 8.93 Å². The molecule has 1 aliphatic rings. The topological polar surface area (TPSA) is 61.8 Å². The Bertz CT molecular complexity index is 588. The monoisotopic (exact) mass is 436 g/mol. The van der Waals surface area contributed by atoms with Crippen LogP contribution in [0.3, 0.4) is 0 Å². The molecule has 0 N–H and O–H groups in total. The zero-order chi connectivity index (χ0) is 16.1. The Labute approximate surface area is 145 Å². The summed E-state index contributed by atoms with van der Waals surface area (Å²) in [6, 6.07) is 0. The zero-order valence-electron chi connectivity index (χ0n) is 12.4. The highest BCUT2D eigenvalue weighted by atomic mass is 127. The van der Waals surface area contributed by atoms with Crippen LogP contribution in [0.1, 0.15) is 34.0 Å². The Balaban J connectivity index is 2.59. The van der Waals surface area contributed by atoms with Crippen LogP contribution in [0.15, 0.2) is 0 Å². The highest BCUT2D eigenvalue weighted by Gasteiger charge is 2.33. The molecule has 0 aromatic heterocycles. The van der Waals surface area contributed by atoms with Crippen molar-refractivity contribution < 1.29 is 23.8 Å². The summed E-state index contributed by atoms with van der Waals surface area (Å²) in [5, 5.41) is 0. The fourth-order valence-corrected chi connectivity index (χ4v) is 3.18. The number of fused-ring (bicyclic) bond motifs is 1. The summed E-state index contributed by atoms with van der Waals surface area (Å²) in [5.74, 6) is 1.45. The van der Waals surface area contributed by atoms with E-state index in [-0.39, 0.29) is 13.0 Å². The molecular weight excluding hydrogens is 419 g/mol. The quantitative estimate of drug-likeness (QED) is 0.270. The summed E-state index contributed by atoms with van der Waals surface area (Å²) in [7, 11) is 1.62. The van der Waals surface area contributed by atoms with Crippen LogP contribution in [0.2, 0.25) is 0 Å². The van der Waals surface area contributed by atoms with Gasteiger partial charge in [-0.2, -0.15) is 0 Å². The number of carbonyl (C=O) groups excluding carboxylic acids is 2. The van der Waals surface area contributed by atoms with E-state index in [9.17, 15) is 9.59 Å². The van der Waals surface area contributed by atoms with Gasteiger partial charge in [-0.25, -0.2) is 4.79 Å². The second-order valence-corrected chi connectivity index (χ2v) is 7.15. The molecule has 0 amide bonds. The number of halogens is 1. The van der Waals surface area contributed by atoms with E-state index in [0.29, 0.717) is 35.8 Å². The fraction of sp³-hybridized carbons (Fsp3) is 0.467. The second kappa shape index (κ2) is 8.05. The third kappa shape index (κ3) is 3.34. The average Bonchev–Trinajstić information content (AvgIpc) is 2.89. The van der Waals surface area contributed by atoms with Gasteiger partial charge in [-0.05, 0) is 40.6 Å². The zero-order valence-corrected chi connectivity index (χ0v) is 15.4. The van der Waals surface area contributed by atoms with Gasteiger partial charge in [0.25, 0.3) is 0 Å². The normalized spacial score (nSPS) is 12.8. The summed E-state index contributed by atoms with van der Waals surface area (Å²) in [6.07, 6.45) is 0.938. The molecule has 5 nitrogen and oxygen atoms in total. The van der Waals surface area contributed by atoms with Crippen molar-refractivity contribution in [1.82, 2.24) is 0 Å². The molecule has 0 aliphatic carbocycles. The molecule has 1 aromatic carbocycles. The molecule has 0 fully saturated rings. The van der Waals surface area contributed by atoms with Crippen molar-refractivity contribution in [2.24, 2.45) is 0 Å². The van der Waals surface area contributed by atoms with Crippen molar-refractivity contribution in [3.8, 4) is 11.5 Å². The number of ether oxygens (including phenoxy) is 3. The third-order valence-corrected chi connectivity index (χ3v) is 5.05. The van der Waals surface area contributed by atoms with Gasteiger partial charge in [0.1, 0.15) is 30.0 Å². The largest absolute Gasteiger partial charge is 0.493 e. The number of aldehydes is 1. The maximum absolute atomic E-state index is 12.1. The van der Waals surface area contributed by atoms with E-state index in [1.165, 1.54) is 0 Å². The Morgan fingerprint density at radius 2 is 2.14 bits per heavy atom. The number of hydrogen-bond donors (Lipinski definition) is 0. The lowest BCUT2D eigenvalue weighted by molar-refractivity contribution is -0.107. The molecule has 0 bridgehead atoms. The molecule has 0 saturated heterocycles. The minimum absolute atomic E-state index is 0.142. The molecular formula is C15H17IO5S. The number of rotatable bonds is 8. The van der Waals surface area contributed by atoms with Crippen molar-refractivity contribution in [2.45, 2.75) is 26.9 Å². The highest BCUT2D eigenvalue weighted by Crippen LogP contribution is 2.42. The summed E-state index contributed by atoms with van der Waals surface area (Å²) in [5.41, 5.74) is 2.71. The lowest BCUT2D eigenvalue weighted by Crippen LogP contribution is -2.11. The van der Waals surface area contributed by atoms with E-state index in [1.807, 2.05) is 13.8 Å². The van der Waals surface area contributed by atoms with E-state index in [2.05, 4.69) is 21.2 Å². The van der Waals surface area contributed by atoms with Gasteiger partial charge < -0.3 is 19.0 Å². The number of cyclic esters (lactones) is 1.